The minimum absolute atomic E-state index is 0.167. The van der Waals surface area contributed by atoms with Crippen LogP contribution in [-0.2, 0) is 24.3 Å². The van der Waals surface area contributed by atoms with Gasteiger partial charge in [0.1, 0.15) is 24.5 Å². The number of carbonyl (C=O) groups is 1. The Morgan fingerprint density at radius 2 is 2.04 bits per heavy atom. The third-order valence-electron chi connectivity index (χ3n) is 4.32. The van der Waals surface area contributed by atoms with Crippen LogP contribution in [-0.4, -0.2) is 64.3 Å². The highest BCUT2D eigenvalue weighted by Crippen LogP contribution is 2.15. The molecular weight excluding hydrogens is 318 g/mol. The molecule has 0 saturated carbocycles. The average Bonchev–Trinajstić information content (AvgIpc) is 3.08. The van der Waals surface area contributed by atoms with Gasteiger partial charge in [-0.05, 0) is 38.2 Å². The van der Waals surface area contributed by atoms with Gasteiger partial charge in [-0.3, -0.25) is 4.79 Å². The standard InChI is InChI=1S/C18H25N5O2/c1-21(2)11-12-25-16-6-3-15(4-7-16)5-8-18(24)22-9-10-23-17(13-22)19-14-20-23/h3-4,6-7,14H,5,8-13H2,1-2H3. The summed E-state index contributed by atoms with van der Waals surface area (Å²) in [6.45, 7) is 3.54. The molecule has 1 aromatic heterocycles. The molecule has 7 heteroatoms. The summed E-state index contributed by atoms with van der Waals surface area (Å²) in [5.74, 6) is 1.90. The molecular formula is C18H25N5O2. The lowest BCUT2D eigenvalue weighted by Gasteiger charge is -2.26. The molecule has 1 aromatic carbocycles. The van der Waals surface area contributed by atoms with Crippen molar-refractivity contribution in [2.45, 2.75) is 25.9 Å². The molecule has 0 N–H and O–H groups in total. The highest BCUT2D eigenvalue weighted by atomic mass is 16.5. The van der Waals surface area contributed by atoms with Crippen LogP contribution in [0.2, 0.25) is 0 Å². The first-order valence-electron chi connectivity index (χ1n) is 8.63. The summed E-state index contributed by atoms with van der Waals surface area (Å²) in [5, 5.41) is 4.14. The van der Waals surface area contributed by atoms with Crippen molar-refractivity contribution in [2.24, 2.45) is 0 Å². The van der Waals surface area contributed by atoms with Crippen molar-refractivity contribution in [3.63, 3.8) is 0 Å². The maximum atomic E-state index is 12.4. The second-order valence-corrected chi connectivity index (χ2v) is 6.51. The predicted octanol–water partition coefficient (Wildman–Crippen LogP) is 1.19. The first-order chi connectivity index (χ1) is 12.1. The second-order valence-electron chi connectivity index (χ2n) is 6.51. The van der Waals surface area contributed by atoms with Crippen LogP contribution in [0.4, 0.5) is 0 Å². The molecule has 2 heterocycles. The summed E-state index contributed by atoms with van der Waals surface area (Å²) in [7, 11) is 4.05. The summed E-state index contributed by atoms with van der Waals surface area (Å²) >= 11 is 0. The number of ether oxygens (including phenoxy) is 1. The fourth-order valence-electron chi connectivity index (χ4n) is 2.78. The molecule has 134 valence electrons. The number of aryl methyl sites for hydroxylation is 1. The molecule has 0 bridgehead atoms. The quantitative estimate of drug-likeness (QED) is 0.756. The Balaban J connectivity index is 1.44. The number of rotatable bonds is 7. The predicted molar refractivity (Wildman–Crippen MR) is 94.3 cm³/mol. The van der Waals surface area contributed by atoms with Crippen LogP contribution in [0.25, 0.3) is 0 Å². The number of likely N-dealkylation sites (N-methyl/N-ethyl adjacent to an activating group) is 1. The number of amides is 1. The minimum atomic E-state index is 0.167. The van der Waals surface area contributed by atoms with E-state index >= 15 is 0 Å². The lowest BCUT2D eigenvalue weighted by molar-refractivity contribution is -0.132. The van der Waals surface area contributed by atoms with Gasteiger partial charge in [-0.15, -0.1) is 0 Å². The van der Waals surface area contributed by atoms with Crippen molar-refractivity contribution in [1.82, 2.24) is 24.6 Å². The van der Waals surface area contributed by atoms with Crippen LogP contribution >= 0.6 is 0 Å². The molecule has 0 spiro atoms. The smallest absolute Gasteiger partial charge is 0.223 e. The number of benzene rings is 1. The van der Waals surface area contributed by atoms with Gasteiger partial charge in [0, 0.05) is 19.5 Å². The largest absolute Gasteiger partial charge is 0.492 e. The molecule has 0 fully saturated rings. The molecule has 0 aliphatic carbocycles. The van der Waals surface area contributed by atoms with E-state index in [1.165, 1.54) is 0 Å². The van der Waals surface area contributed by atoms with Gasteiger partial charge in [-0.1, -0.05) is 12.1 Å². The monoisotopic (exact) mass is 343 g/mol. The van der Waals surface area contributed by atoms with Gasteiger partial charge in [-0.25, -0.2) is 9.67 Å². The Morgan fingerprint density at radius 1 is 1.24 bits per heavy atom. The van der Waals surface area contributed by atoms with Crippen molar-refractivity contribution < 1.29 is 9.53 Å². The zero-order valence-corrected chi connectivity index (χ0v) is 14.9. The Morgan fingerprint density at radius 3 is 2.80 bits per heavy atom. The summed E-state index contributed by atoms with van der Waals surface area (Å²) in [6, 6.07) is 8.01. The highest BCUT2D eigenvalue weighted by Gasteiger charge is 2.21. The lowest BCUT2D eigenvalue weighted by atomic mass is 10.1. The number of hydrogen-bond donors (Lipinski definition) is 0. The topological polar surface area (TPSA) is 63.5 Å². The van der Waals surface area contributed by atoms with Crippen molar-refractivity contribution >= 4 is 5.91 Å². The van der Waals surface area contributed by atoms with Crippen LogP contribution in [0.3, 0.4) is 0 Å². The van der Waals surface area contributed by atoms with Crippen molar-refractivity contribution in [2.75, 3.05) is 33.8 Å². The number of fused-ring (bicyclic) bond motifs is 1. The molecule has 7 nitrogen and oxygen atoms in total. The maximum Gasteiger partial charge on any atom is 0.223 e. The normalized spacial score (nSPS) is 13.8. The third-order valence-corrected chi connectivity index (χ3v) is 4.32. The summed E-state index contributed by atoms with van der Waals surface area (Å²) in [6.07, 6.45) is 2.79. The van der Waals surface area contributed by atoms with Gasteiger partial charge in [0.2, 0.25) is 5.91 Å². The van der Waals surface area contributed by atoms with Gasteiger partial charge >= 0.3 is 0 Å². The molecule has 3 rings (SSSR count). The van der Waals surface area contributed by atoms with Crippen LogP contribution < -0.4 is 4.74 Å². The summed E-state index contributed by atoms with van der Waals surface area (Å²) < 4.78 is 7.55. The van der Waals surface area contributed by atoms with E-state index in [1.54, 1.807) is 6.33 Å². The molecule has 25 heavy (non-hydrogen) atoms. The highest BCUT2D eigenvalue weighted by molar-refractivity contribution is 5.76. The SMILES string of the molecule is CN(C)CCOc1ccc(CCC(=O)N2CCn3ncnc3C2)cc1. The molecule has 2 aromatic rings. The Bertz CT molecular complexity index is 696. The van der Waals surface area contributed by atoms with Gasteiger partial charge in [0.15, 0.2) is 0 Å². The Hall–Kier alpha value is -2.41. The van der Waals surface area contributed by atoms with Crippen molar-refractivity contribution in [3.05, 3.63) is 42.0 Å². The second kappa shape index (κ2) is 8.11. The summed E-state index contributed by atoms with van der Waals surface area (Å²) in [4.78, 5) is 20.6. The molecule has 0 atom stereocenters. The summed E-state index contributed by atoms with van der Waals surface area (Å²) in [5.41, 5.74) is 1.15. The molecule has 1 aliphatic rings. The van der Waals surface area contributed by atoms with E-state index in [4.69, 9.17) is 4.74 Å². The zero-order chi connectivity index (χ0) is 17.6. The third kappa shape index (κ3) is 4.79. The Kier molecular flexibility index (Phi) is 5.65. The van der Waals surface area contributed by atoms with Gasteiger partial charge in [0.25, 0.3) is 0 Å². The van der Waals surface area contributed by atoms with Crippen LogP contribution in [0.1, 0.15) is 17.8 Å². The Labute approximate surface area is 148 Å². The van der Waals surface area contributed by atoms with E-state index in [9.17, 15) is 4.79 Å². The van der Waals surface area contributed by atoms with E-state index in [0.29, 0.717) is 26.1 Å². The lowest BCUT2D eigenvalue weighted by Crippen LogP contribution is -2.38. The number of carbonyl (C=O) groups excluding carboxylic acids is 1. The minimum Gasteiger partial charge on any atom is -0.492 e. The number of aromatic nitrogens is 3. The maximum absolute atomic E-state index is 12.4. The van der Waals surface area contributed by atoms with Gasteiger partial charge in [0.05, 0.1) is 13.1 Å². The van der Waals surface area contributed by atoms with E-state index in [-0.39, 0.29) is 5.91 Å². The number of nitrogens with zero attached hydrogens (tertiary/aromatic N) is 5. The van der Waals surface area contributed by atoms with Gasteiger partial charge in [-0.2, -0.15) is 5.10 Å². The van der Waals surface area contributed by atoms with Crippen molar-refractivity contribution in [1.29, 1.82) is 0 Å². The van der Waals surface area contributed by atoms with E-state index < -0.39 is 0 Å². The number of hydrogen-bond acceptors (Lipinski definition) is 5. The molecule has 0 radical (unpaired) electrons. The molecule has 0 saturated heterocycles. The van der Waals surface area contributed by atoms with E-state index in [1.807, 2.05) is 47.9 Å². The van der Waals surface area contributed by atoms with Crippen molar-refractivity contribution in [3.8, 4) is 5.75 Å². The van der Waals surface area contributed by atoms with Gasteiger partial charge < -0.3 is 14.5 Å². The average molecular weight is 343 g/mol. The van der Waals surface area contributed by atoms with Crippen LogP contribution in [0.5, 0.6) is 5.75 Å². The first kappa shape index (κ1) is 17.4. The molecule has 0 unspecified atom stereocenters. The van der Waals surface area contributed by atoms with Crippen LogP contribution in [0, 0.1) is 0 Å². The molecule has 1 aliphatic heterocycles. The zero-order valence-electron chi connectivity index (χ0n) is 14.9. The van der Waals surface area contributed by atoms with Crippen LogP contribution in [0.15, 0.2) is 30.6 Å². The van der Waals surface area contributed by atoms with E-state index in [2.05, 4.69) is 15.0 Å². The molecule has 1 amide bonds. The fraction of sp³-hybridized carbons (Fsp3) is 0.500. The van der Waals surface area contributed by atoms with E-state index in [0.717, 1.165) is 36.6 Å². The first-order valence-corrected chi connectivity index (χ1v) is 8.63. The fourth-order valence-corrected chi connectivity index (χ4v) is 2.78.